The molecular weight excluding hydrogens is 819 g/mol. The van der Waals surface area contributed by atoms with Crippen molar-refractivity contribution in [1.29, 1.82) is 0 Å². The number of carbonyl (C=O) groups excluding carboxylic acids is 6. The van der Waals surface area contributed by atoms with Gasteiger partial charge in [-0.05, 0) is 77.2 Å². The lowest BCUT2D eigenvalue weighted by Crippen LogP contribution is -2.82. The second kappa shape index (κ2) is 17.4. The Morgan fingerprint density at radius 3 is 2.11 bits per heavy atom. The van der Waals surface area contributed by atoms with E-state index in [1.807, 2.05) is 0 Å². The highest BCUT2D eigenvalue weighted by Crippen LogP contribution is 2.64. The van der Waals surface area contributed by atoms with Crippen LogP contribution in [0.25, 0.3) is 0 Å². The first-order chi connectivity index (χ1) is 28.9. The number of aliphatic hydroxyl groups is 3. The molecule has 2 saturated carbocycles. The largest absolute Gasteiger partial charge is 0.456 e. The fourth-order valence-electron chi connectivity index (χ4n) is 9.83. The maximum Gasteiger partial charge on any atom is 0.408 e. The van der Waals surface area contributed by atoms with Gasteiger partial charge in [0.25, 0.3) is 0 Å². The average molecular weight is 884 g/mol. The quantitative estimate of drug-likeness (QED) is 0.140. The van der Waals surface area contributed by atoms with Crippen molar-refractivity contribution >= 4 is 35.8 Å². The molecule has 16 heteroatoms. The molecule has 1 amide bonds. The molecule has 1 aliphatic heterocycles. The summed E-state index contributed by atoms with van der Waals surface area (Å²) in [4.78, 5) is 84.1. The van der Waals surface area contributed by atoms with Gasteiger partial charge >= 0.3 is 30.0 Å². The standard InChI is InChI=1S/C47H65NO15/c1-24(2)19-28(48-41(56)63-43(8,9)10)34(52)40(55)59-29-21-47(57)38(61-39(54)27-17-15-14-16-18-27)36-45(13,30(50)20-31-46(36,23-58-31)62-26(4)49)37(53)35(33(25(29)3)44(47,11)12)60-32(51)22-42(5,6)7/h14-19,28-31,34-36,38,50,52,57H,20-23H2,1-13H3,(H,48,56)/t28-,29-,30-,31+,34+,35+,36-,38-,45+,46-,47+/m0/s1. The van der Waals surface area contributed by atoms with Gasteiger partial charge in [-0.25, -0.2) is 14.4 Å². The van der Waals surface area contributed by atoms with E-state index in [4.69, 9.17) is 28.4 Å². The van der Waals surface area contributed by atoms with Gasteiger partial charge in [0.2, 0.25) is 0 Å². The number of aliphatic hydroxyl groups excluding tert-OH is 2. The van der Waals surface area contributed by atoms with Gasteiger partial charge in [-0.2, -0.15) is 0 Å². The number of carbonyl (C=O) groups is 6. The van der Waals surface area contributed by atoms with Crippen molar-refractivity contribution in [2.24, 2.45) is 22.2 Å². The van der Waals surface area contributed by atoms with Gasteiger partial charge < -0.3 is 49.1 Å². The molecule has 0 spiro atoms. The van der Waals surface area contributed by atoms with Crippen molar-refractivity contribution in [2.75, 3.05) is 6.61 Å². The van der Waals surface area contributed by atoms with E-state index in [2.05, 4.69) is 5.32 Å². The van der Waals surface area contributed by atoms with Gasteiger partial charge in [0.05, 0.1) is 42.1 Å². The summed E-state index contributed by atoms with van der Waals surface area (Å²) in [7, 11) is 0. The number of ether oxygens (including phenoxy) is 6. The zero-order valence-corrected chi connectivity index (χ0v) is 38.7. The van der Waals surface area contributed by atoms with Gasteiger partial charge in [0.1, 0.15) is 29.5 Å². The minimum atomic E-state index is -2.40. The number of benzene rings is 1. The van der Waals surface area contributed by atoms with Gasteiger partial charge in [0.15, 0.2) is 23.6 Å². The minimum Gasteiger partial charge on any atom is -0.456 e. The molecule has 0 radical (unpaired) electrons. The molecular formula is C47H65NO15. The predicted octanol–water partition coefficient (Wildman–Crippen LogP) is 4.84. The number of amides is 1. The van der Waals surface area contributed by atoms with Gasteiger partial charge in [-0.3, -0.25) is 14.4 Å². The highest BCUT2D eigenvalue weighted by Gasteiger charge is 2.78. The summed E-state index contributed by atoms with van der Waals surface area (Å²) >= 11 is 0. The SMILES string of the molecule is CC(=O)O[C@@]12CO[C@@H]1C[C@H](O)[C@@]1(C)C(=O)[C@H](OC(=O)CC(C)(C)C)C3=C(C)[C@@H](OC(=O)[C@H](O)[C@H](C=C(C)C)NC(=O)OC(C)(C)C)C[C@@](O)([C@@H](OC(=O)c4ccccc4)[C@H]21)C3(C)C. The van der Waals surface area contributed by atoms with Crippen LogP contribution in [0.15, 0.2) is 53.1 Å². The van der Waals surface area contributed by atoms with Crippen molar-refractivity contribution in [1.82, 2.24) is 5.32 Å². The number of nitrogens with one attached hydrogen (secondary N) is 1. The van der Waals surface area contributed by atoms with Crippen LogP contribution in [-0.4, -0.2) is 117 Å². The van der Waals surface area contributed by atoms with Crippen LogP contribution in [0.3, 0.4) is 0 Å². The van der Waals surface area contributed by atoms with Crippen LogP contribution in [0.4, 0.5) is 4.79 Å². The van der Waals surface area contributed by atoms with Crippen LogP contribution in [0.5, 0.6) is 0 Å². The van der Waals surface area contributed by atoms with Crippen molar-refractivity contribution in [3.05, 3.63) is 58.7 Å². The molecule has 3 fully saturated rings. The van der Waals surface area contributed by atoms with E-state index < -0.39 is 124 Å². The number of rotatable bonds is 10. The Morgan fingerprint density at radius 2 is 1.59 bits per heavy atom. The number of hydrogen-bond donors (Lipinski definition) is 4. The summed E-state index contributed by atoms with van der Waals surface area (Å²) in [5.41, 5.74) is -8.59. The van der Waals surface area contributed by atoms with Crippen LogP contribution in [-0.2, 0) is 47.6 Å². The third kappa shape index (κ3) is 9.45. The van der Waals surface area contributed by atoms with Crippen LogP contribution in [0.2, 0.25) is 0 Å². The Hall–Kier alpha value is -4.64. The second-order valence-electron chi connectivity index (χ2n) is 20.7. The van der Waals surface area contributed by atoms with Crippen molar-refractivity contribution in [3.63, 3.8) is 0 Å². The fraction of sp³-hybridized carbons (Fsp3) is 0.660. The van der Waals surface area contributed by atoms with E-state index in [0.717, 1.165) is 6.92 Å². The highest BCUT2D eigenvalue weighted by molar-refractivity contribution is 5.96. The average Bonchev–Trinajstić information content (AvgIpc) is 3.13. The summed E-state index contributed by atoms with van der Waals surface area (Å²) < 4.78 is 36.0. The third-order valence-corrected chi connectivity index (χ3v) is 12.9. The van der Waals surface area contributed by atoms with E-state index in [0.29, 0.717) is 5.57 Å². The molecule has 11 atom stereocenters. The van der Waals surface area contributed by atoms with E-state index in [9.17, 15) is 39.3 Å². The molecule has 4 N–H and O–H groups in total. The molecule has 1 aromatic rings. The van der Waals surface area contributed by atoms with Crippen molar-refractivity contribution in [3.8, 4) is 0 Å². The molecule has 16 nitrogen and oxygen atoms in total. The van der Waals surface area contributed by atoms with E-state index in [-0.39, 0.29) is 36.2 Å². The van der Waals surface area contributed by atoms with Crippen LogP contribution in [0, 0.1) is 22.2 Å². The maximum atomic E-state index is 15.8. The number of ketones is 1. The predicted molar refractivity (Wildman–Crippen MR) is 226 cm³/mol. The molecule has 2 bridgehead atoms. The van der Waals surface area contributed by atoms with Gasteiger partial charge in [-0.15, -0.1) is 0 Å². The number of allylic oxidation sites excluding steroid dienone is 1. The highest BCUT2D eigenvalue weighted by atomic mass is 16.6. The second-order valence-corrected chi connectivity index (χ2v) is 20.7. The number of esters is 4. The van der Waals surface area contributed by atoms with Crippen LogP contribution < -0.4 is 5.32 Å². The zero-order chi connectivity index (χ0) is 47.4. The monoisotopic (exact) mass is 883 g/mol. The number of alkyl carbamates (subject to hydrolysis) is 1. The molecule has 348 valence electrons. The fourth-order valence-corrected chi connectivity index (χ4v) is 9.83. The summed E-state index contributed by atoms with van der Waals surface area (Å²) in [5.74, 6) is -6.16. The molecule has 0 aromatic heterocycles. The van der Waals surface area contributed by atoms with Crippen molar-refractivity contribution in [2.45, 2.75) is 169 Å². The normalized spacial score (nSPS) is 32.1. The van der Waals surface area contributed by atoms with Gasteiger partial charge in [-0.1, -0.05) is 64.5 Å². The van der Waals surface area contributed by atoms with Crippen LogP contribution in [0.1, 0.15) is 120 Å². The smallest absolute Gasteiger partial charge is 0.408 e. The number of fused-ring (bicyclic) bond motifs is 5. The molecule has 63 heavy (non-hydrogen) atoms. The summed E-state index contributed by atoms with van der Waals surface area (Å²) in [6, 6.07) is 6.50. The first-order valence-corrected chi connectivity index (χ1v) is 21.4. The van der Waals surface area contributed by atoms with E-state index in [1.54, 1.807) is 87.4 Å². The zero-order valence-electron chi connectivity index (χ0n) is 38.7. The maximum absolute atomic E-state index is 15.8. The Balaban J connectivity index is 1.76. The topological polar surface area (TPSA) is 231 Å². The lowest BCUT2D eigenvalue weighted by Gasteiger charge is -2.67. The molecule has 1 saturated heterocycles. The molecule has 3 aliphatic carbocycles. The Labute approximate surface area is 369 Å². The molecule has 0 unspecified atom stereocenters. The Bertz CT molecular complexity index is 2040. The van der Waals surface area contributed by atoms with E-state index in [1.165, 1.54) is 32.1 Å². The minimum absolute atomic E-state index is 0.00433. The van der Waals surface area contributed by atoms with Crippen molar-refractivity contribution < 1.29 is 72.5 Å². The summed E-state index contributed by atoms with van der Waals surface area (Å²) in [6.07, 6.45) is -10.2. The molecule has 4 aliphatic rings. The molecule has 1 heterocycles. The number of Topliss-reactive ketones (excluding diaryl/α,β-unsaturated/α-hetero) is 1. The molecule has 5 rings (SSSR count). The molecule has 1 aromatic carbocycles. The lowest BCUT2D eigenvalue weighted by molar-refractivity contribution is -0.346. The van der Waals surface area contributed by atoms with Gasteiger partial charge in [0, 0.05) is 25.2 Å². The summed E-state index contributed by atoms with van der Waals surface area (Å²) in [5, 5.41) is 40.0. The first-order valence-electron chi connectivity index (χ1n) is 21.4. The number of hydrogen-bond acceptors (Lipinski definition) is 15. The van der Waals surface area contributed by atoms with Crippen LogP contribution >= 0.6 is 0 Å². The lowest BCUT2D eigenvalue weighted by atomic mass is 9.44. The first kappa shape index (κ1) is 49.4. The summed E-state index contributed by atoms with van der Waals surface area (Å²) in [6.45, 7) is 20.7. The third-order valence-electron chi connectivity index (χ3n) is 12.9. The van der Waals surface area contributed by atoms with E-state index >= 15 is 4.79 Å². The Kier molecular flexibility index (Phi) is 13.6. The Morgan fingerprint density at radius 1 is 0.968 bits per heavy atom.